The summed E-state index contributed by atoms with van der Waals surface area (Å²) < 4.78 is 52.7. The van der Waals surface area contributed by atoms with Gasteiger partial charge in [-0.25, -0.2) is 0 Å². The minimum Gasteiger partial charge on any atom is -0.506 e. The third kappa shape index (κ3) is 24.3. The molecule has 1 aliphatic carbocycles. The fourth-order valence-electron chi connectivity index (χ4n) is 16.5. The number of carbonyl (C=O) groups is 2. The van der Waals surface area contributed by atoms with Crippen LogP contribution < -0.4 is 58.3 Å². The molecule has 2 unspecified atom stereocenters. The number of hydrogen-bond donors (Lipinski definition) is 4. The van der Waals surface area contributed by atoms with Crippen LogP contribution in [0.2, 0.25) is 0 Å². The molecule has 0 bridgehead atoms. The van der Waals surface area contributed by atoms with Crippen LogP contribution in [0.15, 0.2) is 194 Å². The minimum atomic E-state index is -0.353. The van der Waals surface area contributed by atoms with Gasteiger partial charge < -0.3 is 68.5 Å². The zero-order valence-corrected chi connectivity index (χ0v) is 81.7. The second kappa shape index (κ2) is 46.2. The molecule has 0 heterocycles. The van der Waals surface area contributed by atoms with Gasteiger partial charge in [0.25, 0.3) is 0 Å². The largest absolute Gasteiger partial charge is 0.506 e. The van der Waals surface area contributed by atoms with Gasteiger partial charge in [-0.05, 0) is 280 Å². The molecule has 0 radical (unpaired) electrons. The second-order valence-electron chi connectivity index (χ2n) is 37.9. The van der Waals surface area contributed by atoms with Crippen LogP contribution in [0.1, 0.15) is 216 Å². The second-order valence-corrected chi connectivity index (χ2v) is 37.9. The van der Waals surface area contributed by atoms with E-state index in [2.05, 4.69) is 232 Å². The molecule has 0 saturated carbocycles. The van der Waals surface area contributed by atoms with Crippen molar-refractivity contribution in [2.75, 3.05) is 73.3 Å². The first-order chi connectivity index (χ1) is 62.4. The van der Waals surface area contributed by atoms with Crippen LogP contribution >= 0.6 is 0 Å². The lowest BCUT2D eigenvalue weighted by atomic mass is 9.82. The monoisotopic (exact) mass is 1760 g/mol. The smallest absolute Gasteiger partial charge is 0.227 e. The number of rotatable bonds is 47. The maximum Gasteiger partial charge on any atom is 0.227 e. The number of unbranched alkanes of at least 4 members (excludes halogenated alkanes) is 2. The molecule has 10 aromatic rings. The maximum atomic E-state index is 15.3. The Morgan fingerprint density at radius 1 is 0.315 bits per heavy atom. The molecule has 0 aliphatic heterocycles. The molecule has 0 fully saturated rings. The minimum absolute atomic E-state index is 0.134. The highest BCUT2D eigenvalue weighted by Gasteiger charge is 2.37. The Labute approximate surface area is 776 Å². The number of anilines is 8. The van der Waals surface area contributed by atoms with E-state index in [0.29, 0.717) is 118 Å². The van der Waals surface area contributed by atoms with E-state index in [1.54, 1.807) is 0 Å². The van der Waals surface area contributed by atoms with Crippen LogP contribution in [0.5, 0.6) is 46.0 Å². The maximum absolute atomic E-state index is 15.3. The Morgan fingerprint density at radius 2 is 0.554 bits per heavy atom. The molecular weight excluding hydrogens is 1620 g/mol. The quantitative estimate of drug-likeness (QED) is 0.0283. The third-order valence-electron chi connectivity index (χ3n) is 23.2. The Hall–Kier alpha value is -11.8. The number of amides is 2. The summed E-state index contributed by atoms with van der Waals surface area (Å²) in [6.07, 6.45) is 6.00. The SMILES string of the molecule is CCCCC(CC)C(=O)Nc1cc(N(c2ccc(-c3c(OCC)cccc3OCC(C)C)cc2C)c2ccc(-c3c(OCC(C)C)cccc3OCC(C)C)cc2C)ccc1C1=C(O)C(c2ccc(N(c3ccc(-c4c(OCC(C)C)cccc4OCC(C)C)cc3C)c3ccc(-c4c(OCC(C)C)cccc4OCC(C)C)cc3C)cc2NC(=O)C(CC)CCCC)=C1O. The highest BCUT2D eigenvalue weighted by atomic mass is 16.5. The lowest BCUT2D eigenvalue weighted by Crippen LogP contribution is -2.25. The fourth-order valence-corrected chi connectivity index (χ4v) is 16.5. The van der Waals surface area contributed by atoms with E-state index >= 15 is 9.59 Å². The average Bonchev–Trinajstić information content (AvgIpc) is 0.727. The van der Waals surface area contributed by atoms with E-state index in [-0.39, 0.29) is 87.7 Å². The molecular formula is C114H144N4O12. The first kappa shape index (κ1) is 98.8. The van der Waals surface area contributed by atoms with Crippen molar-refractivity contribution in [2.24, 2.45) is 53.3 Å². The summed E-state index contributed by atoms with van der Waals surface area (Å²) in [6.45, 7) is 52.8. The molecule has 4 N–H and O–H groups in total. The molecule has 0 saturated heterocycles. The predicted molar refractivity (Wildman–Crippen MR) is 539 cm³/mol. The number of aliphatic hydroxyl groups excluding tert-OH is 2. The van der Waals surface area contributed by atoms with Crippen LogP contribution in [0.4, 0.5) is 45.5 Å². The van der Waals surface area contributed by atoms with Crippen molar-refractivity contribution in [3.05, 3.63) is 227 Å². The summed E-state index contributed by atoms with van der Waals surface area (Å²) in [5.41, 5.74) is 17.3. The predicted octanol–water partition coefficient (Wildman–Crippen LogP) is 30.7. The number of ether oxygens (including phenoxy) is 8. The fraction of sp³-hybridized carbons (Fsp3) is 0.421. The first-order valence-electron chi connectivity index (χ1n) is 47.7. The number of allylic oxidation sites excluding steroid dienone is 2. The summed E-state index contributed by atoms with van der Waals surface area (Å²) in [5.74, 6) is 6.19. The summed E-state index contributed by atoms with van der Waals surface area (Å²) >= 11 is 0. The number of hydrogen-bond acceptors (Lipinski definition) is 14. The van der Waals surface area contributed by atoms with Crippen LogP contribution in [0.25, 0.3) is 55.7 Å². The van der Waals surface area contributed by atoms with E-state index in [9.17, 15) is 10.2 Å². The van der Waals surface area contributed by atoms with Crippen LogP contribution in [-0.2, 0) is 9.59 Å². The molecule has 0 aromatic heterocycles. The number of aryl methyl sites for hydroxylation is 4. The first-order valence-corrected chi connectivity index (χ1v) is 47.7. The molecule has 11 rings (SSSR count). The van der Waals surface area contributed by atoms with E-state index in [1.165, 1.54) is 0 Å². The van der Waals surface area contributed by atoms with Gasteiger partial charge in [-0.3, -0.25) is 9.59 Å². The van der Waals surface area contributed by atoms with E-state index < -0.39 is 0 Å². The summed E-state index contributed by atoms with van der Waals surface area (Å²) in [7, 11) is 0. The molecule has 2 atom stereocenters. The standard InChI is InChI=1S/C114H144N4O12/c1-24-29-35-81(26-3)113(121)115-91-61-87(117(93-53-45-83(57-77(93)20)105-97(123-28-5)37-31-38-98(105)124-63-70(6)7)94-54-46-84(58-78(94)21)106-99(125-64-71(8)9)39-32-40-100(106)126-65-72(10)11)49-51-89(91)109-111(119)110(112(109)120)90-52-50-88(62-92(90)116-114(122)82(27-4)36-30-25-2)118(95-55-47-85(59-79(95)22)107-101(127-66-73(12)13)41-33-42-102(107)128-67-74(14)15)96-56-48-86(60-80(96)23)108-103(129-68-75(16)17)43-34-44-104(108)130-69-76(18)19/h31-34,37-62,70-76,81-82,119-120H,24-30,35-36,63-69H2,1-23H3,(H,115,121)(H,116,122). The normalized spacial score (nSPS) is 12.6. The van der Waals surface area contributed by atoms with Crippen LogP contribution in [0.3, 0.4) is 0 Å². The molecule has 0 spiro atoms. The Morgan fingerprint density at radius 3 is 0.762 bits per heavy atom. The van der Waals surface area contributed by atoms with E-state index in [4.69, 9.17) is 37.9 Å². The average molecular weight is 1760 g/mol. The Bertz CT molecular complexity index is 5350. The van der Waals surface area contributed by atoms with Gasteiger partial charge in [0.05, 0.1) is 97.6 Å². The lowest BCUT2D eigenvalue weighted by Gasteiger charge is -2.32. The van der Waals surface area contributed by atoms with Crippen molar-refractivity contribution in [3.63, 3.8) is 0 Å². The molecule has 10 aromatic carbocycles. The van der Waals surface area contributed by atoms with Gasteiger partial charge in [-0.15, -0.1) is 0 Å². The Kier molecular flexibility index (Phi) is 35.1. The van der Waals surface area contributed by atoms with Crippen molar-refractivity contribution in [1.29, 1.82) is 0 Å². The van der Waals surface area contributed by atoms with Crippen molar-refractivity contribution < 1.29 is 57.7 Å². The number of benzene rings is 10. The molecule has 692 valence electrons. The third-order valence-corrected chi connectivity index (χ3v) is 23.2. The summed E-state index contributed by atoms with van der Waals surface area (Å²) in [4.78, 5) is 35.0. The van der Waals surface area contributed by atoms with E-state index in [0.717, 1.165) is 155 Å². The molecule has 130 heavy (non-hydrogen) atoms. The number of aliphatic hydroxyl groups is 2. The van der Waals surface area contributed by atoms with Gasteiger partial charge in [0.15, 0.2) is 0 Å². The molecule has 2 amide bonds. The molecule has 16 heteroatoms. The highest BCUT2D eigenvalue weighted by molar-refractivity contribution is 6.12. The molecule has 1 aliphatic rings. The lowest BCUT2D eigenvalue weighted by molar-refractivity contribution is -0.121. The van der Waals surface area contributed by atoms with Crippen LogP contribution in [0, 0.1) is 81.0 Å². The van der Waals surface area contributed by atoms with Crippen molar-refractivity contribution in [2.45, 2.75) is 211 Å². The summed E-state index contributed by atoms with van der Waals surface area (Å²) in [6, 6.07) is 61.4. The van der Waals surface area contributed by atoms with Gasteiger partial charge >= 0.3 is 0 Å². The number of carbonyl (C=O) groups excluding carboxylic acids is 2. The van der Waals surface area contributed by atoms with E-state index in [1.807, 2.05) is 130 Å². The van der Waals surface area contributed by atoms with Gasteiger partial charge in [-0.2, -0.15) is 0 Å². The number of nitrogens with one attached hydrogen (secondary N) is 2. The van der Waals surface area contributed by atoms with Gasteiger partial charge in [-0.1, -0.05) is 199 Å². The van der Waals surface area contributed by atoms with Gasteiger partial charge in [0.1, 0.15) is 57.5 Å². The number of nitrogens with zero attached hydrogens (tertiary/aromatic N) is 2. The molecule has 16 nitrogen and oxygen atoms in total. The van der Waals surface area contributed by atoms with Gasteiger partial charge in [0, 0.05) is 57.1 Å². The van der Waals surface area contributed by atoms with Crippen molar-refractivity contribution >= 4 is 68.5 Å². The highest BCUT2D eigenvalue weighted by Crippen LogP contribution is 2.54. The topological polar surface area (TPSA) is 179 Å². The van der Waals surface area contributed by atoms with Crippen molar-refractivity contribution in [1.82, 2.24) is 0 Å². The zero-order valence-electron chi connectivity index (χ0n) is 81.7. The van der Waals surface area contributed by atoms with Crippen LogP contribution in [-0.4, -0.2) is 74.9 Å². The van der Waals surface area contributed by atoms with Crippen molar-refractivity contribution in [3.8, 4) is 90.5 Å². The zero-order chi connectivity index (χ0) is 93.7. The Balaban J connectivity index is 1.12. The van der Waals surface area contributed by atoms with Gasteiger partial charge in [0.2, 0.25) is 11.8 Å². The summed E-state index contributed by atoms with van der Waals surface area (Å²) in [5, 5.41) is 33.6.